The molecule has 3 aromatic heterocycles. The predicted octanol–water partition coefficient (Wildman–Crippen LogP) is 3.49. The van der Waals surface area contributed by atoms with E-state index in [9.17, 15) is 0 Å². The number of aryl methyl sites for hydroxylation is 1. The minimum atomic E-state index is 0.0198. The van der Waals surface area contributed by atoms with Crippen molar-refractivity contribution in [2.45, 2.75) is 25.9 Å². The van der Waals surface area contributed by atoms with Crippen molar-refractivity contribution in [2.75, 3.05) is 7.05 Å². The number of rotatable bonds is 3. The van der Waals surface area contributed by atoms with Gasteiger partial charge in [0.1, 0.15) is 5.82 Å². The normalized spacial score (nSPS) is 19.7. The Bertz CT molecular complexity index is 936. The number of nitrogens with zero attached hydrogens (tertiary/aromatic N) is 4. The molecule has 0 amide bonds. The summed E-state index contributed by atoms with van der Waals surface area (Å²) >= 11 is 5.54. The monoisotopic (exact) mass is 363 g/mol. The maximum absolute atomic E-state index is 5.54. The standard InChI is InChI=1S/C20H21N5S/c1-13-12-15(14(2)25(13)17-9-5-7-11-22-17)19-18(23-20(26)24(19)3)16-8-4-6-10-21-16/h4-12,18-19H,1-3H3,(H,23,26)/t18-,19+/m1/s1. The van der Waals surface area contributed by atoms with Crippen LogP contribution in [0, 0.1) is 13.8 Å². The second-order valence-electron chi connectivity index (χ2n) is 6.59. The molecular formula is C20H21N5S. The minimum Gasteiger partial charge on any atom is -0.352 e. The lowest BCUT2D eigenvalue weighted by Crippen LogP contribution is -2.25. The summed E-state index contributed by atoms with van der Waals surface area (Å²) in [5.74, 6) is 0.930. The van der Waals surface area contributed by atoms with Crippen molar-refractivity contribution < 1.29 is 0 Å². The van der Waals surface area contributed by atoms with Gasteiger partial charge in [0.25, 0.3) is 0 Å². The van der Waals surface area contributed by atoms with Crippen molar-refractivity contribution in [3.8, 4) is 5.82 Å². The van der Waals surface area contributed by atoms with Gasteiger partial charge in [0.05, 0.1) is 17.8 Å². The highest BCUT2D eigenvalue weighted by atomic mass is 32.1. The topological polar surface area (TPSA) is 46.0 Å². The Labute approximate surface area is 158 Å². The average molecular weight is 363 g/mol. The Kier molecular flexibility index (Phi) is 4.20. The summed E-state index contributed by atoms with van der Waals surface area (Å²) in [4.78, 5) is 11.2. The summed E-state index contributed by atoms with van der Waals surface area (Å²) in [5, 5.41) is 4.18. The van der Waals surface area contributed by atoms with Crippen LogP contribution in [0.4, 0.5) is 0 Å². The fourth-order valence-corrected chi connectivity index (χ4v) is 4.01. The highest BCUT2D eigenvalue weighted by Crippen LogP contribution is 2.40. The van der Waals surface area contributed by atoms with E-state index < -0.39 is 0 Å². The maximum Gasteiger partial charge on any atom is 0.169 e. The van der Waals surface area contributed by atoms with Crippen LogP contribution in [0.5, 0.6) is 0 Å². The zero-order valence-corrected chi connectivity index (χ0v) is 15.9. The number of pyridine rings is 2. The average Bonchev–Trinajstić information content (AvgIpc) is 3.12. The number of aromatic nitrogens is 3. The van der Waals surface area contributed by atoms with E-state index in [-0.39, 0.29) is 12.1 Å². The molecule has 4 heterocycles. The van der Waals surface area contributed by atoms with E-state index in [1.54, 1.807) is 0 Å². The molecule has 2 atom stereocenters. The van der Waals surface area contributed by atoms with E-state index in [2.05, 4.69) is 44.7 Å². The summed E-state index contributed by atoms with van der Waals surface area (Å²) < 4.78 is 2.19. The molecule has 1 aliphatic heterocycles. The van der Waals surface area contributed by atoms with E-state index >= 15 is 0 Å². The van der Waals surface area contributed by atoms with Crippen LogP contribution in [0.3, 0.4) is 0 Å². The molecule has 1 aliphatic rings. The molecule has 6 heteroatoms. The molecule has 1 fully saturated rings. The first-order valence-electron chi connectivity index (χ1n) is 8.62. The Morgan fingerprint density at radius 3 is 2.42 bits per heavy atom. The van der Waals surface area contributed by atoms with Gasteiger partial charge in [-0.3, -0.25) is 4.98 Å². The van der Waals surface area contributed by atoms with Crippen molar-refractivity contribution in [1.82, 2.24) is 24.8 Å². The molecule has 0 unspecified atom stereocenters. The summed E-state index contributed by atoms with van der Waals surface area (Å²) in [5.41, 5.74) is 4.55. The van der Waals surface area contributed by atoms with Gasteiger partial charge in [0.2, 0.25) is 0 Å². The highest BCUT2D eigenvalue weighted by molar-refractivity contribution is 7.80. The predicted molar refractivity (Wildman–Crippen MR) is 106 cm³/mol. The number of nitrogens with one attached hydrogen (secondary N) is 1. The fraction of sp³-hybridized carbons (Fsp3) is 0.250. The van der Waals surface area contributed by atoms with Crippen LogP contribution in [0.15, 0.2) is 54.9 Å². The van der Waals surface area contributed by atoms with E-state index in [0.717, 1.165) is 22.3 Å². The van der Waals surface area contributed by atoms with Crippen molar-refractivity contribution in [2.24, 2.45) is 0 Å². The Morgan fingerprint density at radius 1 is 1.04 bits per heavy atom. The molecular weight excluding hydrogens is 342 g/mol. The molecule has 0 aliphatic carbocycles. The van der Waals surface area contributed by atoms with Gasteiger partial charge < -0.3 is 14.8 Å². The SMILES string of the molecule is Cc1cc([C@H]2[C@@H](c3ccccn3)NC(=S)N2C)c(C)n1-c1ccccn1. The third kappa shape index (κ3) is 2.66. The van der Waals surface area contributed by atoms with E-state index in [4.69, 9.17) is 12.2 Å². The van der Waals surface area contributed by atoms with Crippen LogP contribution >= 0.6 is 12.2 Å². The van der Waals surface area contributed by atoms with Crippen LogP contribution in [-0.2, 0) is 0 Å². The van der Waals surface area contributed by atoms with Crippen molar-refractivity contribution in [3.63, 3.8) is 0 Å². The maximum atomic E-state index is 5.54. The quantitative estimate of drug-likeness (QED) is 0.722. The summed E-state index contributed by atoms with van der Waals surface area (Å²) in [6.07, 6.45) is 3.65. The first-order chi connectivity index (χ1) is 12.6. The van der Waals surface area contributed by atoms with Gasteiger partial charge in [0.15, 0.2) is 5.11 Å². The van der Waals surface area contributed by atoms with Gasteiger partial charge in [-0.1, -0.05) is 12.1 Å². The number of hydrogen-bond acceptors (Lipinski definition) is 3. The molecule has 0 radical (unpaired) electrons. The zero-order chi connectivity index (χ0) is 18.3. The largest absolute Gasteiger partial charge is 0.352 e. The van der Waals surface area contributed by atoms with E-state index in [0.29, 0.717) is 0 Å². The second kappa shape index (κ2) is 6.53. The van der Waals surface area contributed by atoms with Gasteiger partial charge in [0, 0.05) is 30.8 Å². The van der Waals surface area contributed by atoms with Crippen LogP contribution in [-0.4, -0.2) is 31.6 Å². The lowest BCUT2D eigenvalue weighted by Gasteiger charge is -2.24. The molecule has 0 bridgehead atoms. The Hall–Kier alpha value is -2.73. The van der Waals surface area contributed by atoms with Crippen molar-refractivity contribution in [3.05, 3.63) is 77.5 Å². The lowest BCUT2D eigenvalue weighted by molar-refractivity contribution is 0.367. The Balaban J connectivity index is 1.82. The van der Waals surface area contributed by atoms with Gasteiger partial charge in [-0.05, 0) is 62.0 Å². The first kappa shape index (κ1) is 16.7. The molecule has 4 rings (SSSR count). The first-order valence-corrected chi connectivity index (χ1v) is 9.03. The zero-order valence-electron chi connectivity index (χ0n) is 15.0. The third-order valence-corrected chi connectivity index (χ3v) is 5.41. The van der Waals surface area contributed by atoms with Gasteiger partial charge in [-0.25, -0.2) is 4.98 Å². The smallest absolute Gasteiger partial charge is 0.169 e. The van der Waals surface area contributed by atoms with Crippen LogP contribution < -0.4 is 5.32 Å². The summed E-state index contributed by atoms with van der Waals surface area (Å²) in [7, 11) is 2.04. The molecule has 1 saturated heterocycles. The van der Waals surface area contributed by atoms with Gasteiger partial charge in [-0.2, -0.15) is 0 Å². The molecule has 0 aromatic carbocycles. The lowest BCUT2D eigenvalue weighted by atomic mass is 9.97. The summed E-state index contributed by atoms with van der Waals surface area (Å²) in [6.45, 7) is 4.25. The molecule has 3 aromatic rings. The van der Waals surface area contributed by atoms with E-state index in [1.165, 1.54) is 11.3 Å². The highest BCUT2D eigenvalue weighted by Gasteiger charge is 2.39. The number of hydrogen-bond donors (Lipinski definition) is 1. The minimum absolute atomic E-state index is 0.0198. The van der Waals surface area contributed by atoms with Crippen molar-refractivity contribution >= 4 is 17.3 Å². The molecule has 5 nitrogen and oxygen atoms in total. The number of thiocarbonyl (C=S) groups is 1. The Morgan fingerprint density at radius 2 is 1.77 bits per heavy atom. The second-order valence-corrected chi connectivity index (χ2v) is 6.97. The van der Waals surface area contributed by atoms with Crippen LogP contribution in [0.1, 0.15) is 34.7 Å². The van der Waals surface area contributed by atoms with Gasteiger partial charge in [-0.15, -0.1) is 0 Å². The fourth-order valence-electron chi connectivity index (χ4n) is 3.77. The summed E-state index contributed by atoms with van der Waals surface area (Å²) in [6, 6.07) is 14.3. The molecule has 1 N–H and O–H groups in total. The third-order valence-electron chi connectivity index (χ3n) is 5.01. The molecule has 0 spiro atoms. The molecule has 26 heavy (non-hydrogen) atoms. The van der Waals surface area contributed by atoms with Crippen LogP contribution in [0.25, 0.3) is 5.82 Å². The van der Waals surface area contributed by atoms with E-state index in [1.807, 2.05) is 55.8 Å². The van der Waals surface area contributed by atoms with Gasteiger partial charge >= 0.3 is 0 Å². The van der Waals surface area contributed by atoms with Crippen LogP contribution in [0.2, 0.25) is 0 Å². The molecule has 132 valence electrons. The number of likely N-dealkylation sites (N-methyl/N-ethyl adjacent to an activating group) is 1. The van der Waals surface area contributed by atoms with Crippen molar-refractivity contribution in [1.29, 1.82) is 0 Å². The molecule has 0 saturated carbocycles.